The molecule has 0 bridgehead atoms. The fraction of sp³-hybridized carbons (Fsp3) is 1.00. The molecule has 2 rings (SSSR count). The lowest BCUT2D eigenvalue weighted by molar-refractivity contribution is 0.0965. The van der Waals surface area contributed by atoms with Crippen LogP contribution in [0, 0.1) is 0 Å². The van der Waals surface area contributed by atoms with Crippen molar-refractivity contribution in [3.8, 4) is 0 Å². The van der Waals surface area contributed by atoms with Crippen LogP contribution in [0.15, 0.2) is 0 Å². The summed E-state index contributed by atoms with van der Waals surface area (Å²) in [4.78, 5) is 2.71. The summed E-state index contributed by atoms with van der Waals surface area (Å²) in [5.41, 5.74) is 0.500. The van der Waals surface area contributed by atoms with Crippen LogP contribution in [0.3, 0.4) is 0 Å². The number of piperazine rings is 1. The summed E-state index contributed by atoms with van der Waals surface area (Å²) in [5, 5.41) is 3.78. The van der Waals surface area contributed by atoms with Crippen molar-refractivity contribution >= 4 is 0 Å². The molecule has 2 heteroatoms. The molecular formula is C13H26N2. The molecule has 0 radical (unpaired) electrons. The van der Waals surface area contributed by atoms with Crippen LogP contribution in [0.2, 0.25) is 0 Å². The summed E-state index contributed by atoms with van der Waals surface area (Å²) in [5.74, 6) is 0. The van der Waals surface area contributed by atoms with Crippen molar-refractivity contribution in [2.45, 2.75) is 64.0 Å². The van der Waals surface area contributed by atoms with Crippen LogP contribution >= 0.6 is 0 Å². The summed E-state index contributed by atoms with van der Waals surface area (Å²) in [6.07, 6.45) is 8.35. The topological polar surface area (TPSA) is 15.3 Å². The second-order valence-corrected chi connectivity index (χ2v) is 5.52. The summed E-state index contributed by atoms with van der Waals surface area (Å²) >= 11 is 0. The van der Waals surface area contributed by atoms with E-state index in [-0.39, 0.29) is 0 Å². The maximum Gasteiger partial charge on any atom is 0.0309 e. The van der Waals surface area contributed by atoms with Gasteiger partial charge in [0.05, 0.1) is 0 Å². The van der Waals surface area contributed by atoms with Gasteiger partial charge in [-0.1, -0.05) is 26.2 Å². The highest BCUT2D eigenvalue weighted by molar-refractivity contribution is 4.98. The van der Waals surface area contributed by atoms with Crippen LogP contribution in [0.4, 0.5) is 0 Å². The Morgan fingerprint density at radius 3 is 2.73 bits per heavy atom. The van der Waals surface area contributed by atoms with Gasteiger partial charge in [0, 0.05) is 31.2 Å². The zero-order valence-electron chi connectivity index (χ0n) is 10.4. The fourth-order valence-electron chi connectivity index (χ4n) is 3.35. The first kappa shape index (κ1) is 11.4. The van der Waals surface area contributed by atoms with Crippen LogP contribution < -0.4 is 5.32 Å². The minimum atomic E-state index is 0.500. The number of nitrogens with one attached hydrogen (secondary N) is 1. The van der Waals surface area contributed by atoms with E-state index in [1.165, 1.54) is 58.2 Å². The lowest BCUT2D eigenvalue weighted by atomic mass is 9.93. The van der Waals surface area contributed by atoms with Crippen molar-refractivity contribution in [1.82, 2.24) is 10.2 Å². The van der Waals surface area contributed by atoms with E-state index < -0.39 is 0 Å². The lowest BCUT2D eigenvalue weighted by Crippen LogP contribution is -2.60. The van der Waals surface area contributed by atoms with Crippen LogP contribution in [0.5, 0.6) is 0 Å². The van der Waals surface area contributed by atoms with E-state index in [9.17, 15) is 0 Å². The maximum atomic E-state index is 3.78. The summed E-state index contributed by atoms with van der Waals surface area (Å²) in [7, 11) is 0. The third-order valence-electron chi connectivity index (χ3n) is 4.30. The zero-order chi connectivity index (χ0) is 10.7. The van der Waals surface area contributed by atoms with E-state index in [2.05, 4.69) is 24.1 Å². The van der Waals surface area contributed by atoms with Gasteiger partial charge >= 0.3 is 0 Å². The molecule has 1 atom stereocenters. The van der Waals surface area contributed by atoms with Gasteiger partial charge in [-0.3, -0.25) is 4.90 Å². The third-order valence-corrected chi connectivity index (χ3v) is 4.30. The van der Waals surface area contributed by atoms with E-state index >= 15 is 0 Å². The van der Waals surface area contributed by atoms with E-state index in [1.54, 1.807) is 0 Å². The molecule has 0 aromatic rings. The second-order valence-electron chi connectivity index (χ2n) is 5.52. The molecule has 0 amide bonds. The average molecular weight is 210 g/mol. The smallest absolute Gasteiger partial charge is 0.0309 e. The summed E-state index contributed by atoms with van der Waals surface area (Å²) in [6, 6.07) is 0.787. The van der Waals surface area contributed by atoms with Gasteiger partial charge in [0.15, 0.2) is 0 Å². The van der Waals surface area contributed by atoms with Crippen molar-refractivity contribution in [1.29, 1.82) is 0 Å². The molecule has 1 saturated heterocycles. The number of hydrogen-bond donors (Lipinski definition) is 1. The molecule has 1 heterocycles. The van der Waals surface area contributed by atoms with Crippen molar-refractivity contribution in [2.24, 2.45) is 0 Å². The molecular weight excluding hydrogens is 184 g/mol. The average Bonchev–Trinajstić information content (AvgIpc) is 2.67. The lowest BCUT2D eigenvalue weighted by Gasteiger charge is -2.44. The number of hydrogen-bond acceptors (Lipinski definition) is 2. The Labute approximate surface area is 94.4 Å². The zero-order valence-corrected chi connectivity index (χ0v) is 10.4. The number of rotatable bonds is 3. The van der Waals surface area contributed by atoms with Gasteiger partial charge in [0.2, 0.25) is 0 Å². The van der Waals surface area contributed by atoms with Gasteiger partial charge in [-0.15, -0.1) is 0 Å². The standard InChI is InChI=1S/C13H26N2/c1-3-6-12(2)15-10-9-14-13(11-15)7-4-5-8-13/h12,14H,3-11H2,1-2H3. The Balaban J connectivity index is 1.91. The highest BCUT2D eigenvalue weighted by Gasteiger charge is 2.38. The molecule has 1 aliphatic heterocycles. The van der Waals surface area contributed by atoms with Gasteiger partial charge in [0.25, 0.3) is 0 Å². The molecule has 1 saturated carbocycles. The molecule has 15 heavy (non-hydrogen) atoms. The largest absolute Gasteiger partial charge is 0.309 e. The first-order chi connectivity index (χ1) is 7.26. The van der Waals surface area contributed by atoms with Crippen LogP contribution in [0.1, 0.15) is 52.4 Å². The van der Waals surface area contributed by atoms with Crippen molar-refractivity contribution in [3.05, 3.63) is 0 Å². The normalized spacial score (nSPS) is 28.4. The van der Waals surface area contributed by atoms with Gasteiger partial charge < -0.3 is 5.32 Å². The number of nitrogens with zero attached hydrogens (tertiary/aromatic N) is 1. The molecule has 2 fully saturated rings. The van der Waals surface area contributed by atoms with Gasteiger partial charge in [-0.25, -0.2) is 0 Å². The molecule has 2 nitrogen and oxygen atoms in total. The molecule has 1 spiro atoms. The Bertz CT molecular complexity index is 197. The van der Waals surface area contributed by atoms with Gasteiger partial charge in [-0.2, -0.15) is 0 Å². The second kappa shape index (κ2) is 4.84. The molecule has 0 aromatic heterocycles. The van der Waals surface area contributed by atoms with E-state index in [0.29, 0.717) is 5.54 Å². The monoisotopic (exact) mass is 210 g/mol. The maximum absolute atomic E-state index is 3.78. The molecule has 88 valence electrons. The SMILES string of the molecule is CCCC(C)N1CCNC2(CCCC2)C1. The quantitative estimate of drug-likeness (QED) is 0.769. The first-order valence-corrected chi connectivity index (χ1v) is 6.75. The van der Waals surface area contributed by atoms with Gasteiger partial charge in [0.1, 0.15) is 0 Å². The Kier molecular flexibility index (Phi) is 3.68. The minimum absolute atomic E-state index is 0.500. The predicted molar refractivity (Wildman–Crippen MR) is 65.1 cm³/mol. The summed E-state index contributed by atoms with van der Waals surface area (Å²) in [6.45, 7) is 8.45. The van der Waals surface area contributed by atoms with Crippen molar-refractivity contribution < 1.29 is 0 Å². The fourth-order valence-corrected chi connectivity index (χ4v) is 3.35. The molecule has 1 N–H and O–H groups in total. The molecule has 0 aromatic carbocycles. The van der Waals surface area contributed by atoms with Gasteiger partial charge in [-0.05, 0) is 26.2 Å². The third kappa shape index (κ3) is 2.54. The molecule has 1 aliphatic carbocycles. The van der Waals surface area contributed by atoms with Crippen LogP contribution in [-0.4, -0.2) is 36.1 Å². The summed E-state index contributed by atoms with van der Waals surface area (Å²) < 4.78 is 0. The minimum Gasteiger partial charge on any atom is -0.309 e. The Morgan fingerprint density at radius 1 is 1.33 bits per heavy atom. The Hall–Kier alpha value is -0.0800. The Morgan fingerprint density at radius 2 is 2.07 bits per heavy atom. The predicted octanol–water partition coefficient (Wildman–Crippen LogP) is 2.39. The highest BCUT2D eigenvalue weighted by atomic mass is 15.2. The van der Waals surface area contributed by atoms with E-state index in [1.807, 2.05) is 0 Å². The highest BCUT2D eigenvalue weighted by Crippen LogP contribution is 2.32. The van der Waals surface area contributed by atoms with E-state index in [0.717, 1.165) is 6.04 Å². The van der Waals surface area contributed by atoms with Crippen LogP contribution in [-0.2, 0) is 0 Å². The molecule has 2 aliphatic rings. The van der Waals surface area contributed by atoms with Crippen molar-refractivity contribution in [2.75, 3.05) is 19.6 Å². The van der Waals surface area contributed by atoms with Crippen LogP contribution in [0.25, 0.3) is 0 Å². The molecule has 1 unspecified atom stereocenters. The van der Waals surface area contributed by atoms with Crippen molar-refractivity contribution in [3.63, 3.8) is 0 Å². The first-order valence-electron chi connectivity index (χ1n) is 6.75. The van der Waals surface area contributed by atoms with E-state index in [4.69, 9.17) is 0 Å².